The molecule has 2 rings (SSSR count). The molecule has 2 aliphatic carbocycles. The van der Waals surface area contributed by atoms with Crippen LogP contribution in [0.2, 0.25) is 0 Å². The first-order chi connectivity index (χ1) is 7.78. The van der Waals surface area contributed by atoms with Crippen LogP contribution < -0.4 is 0 Å². The highest BCUT2D eigenvalue weighted by atomic mass is 16.3. The zero-order chi connectivity index (χ0) is 12.8. The summed E-state index contributed by atoms with van der Waals surface area (Å²) in [6.45, 7) is 6.08. The number of aliphatic hydroxyl groups excluding tert-OH is 1. The van der Waals surface area contributed by atoms with Crippen molar-refractivity contribution in [2.75, 3.05) is 6.61 Å². The monoisotopic (exact) mass is 238 g/mol. The summed E-state index contributed by atoms with van der Waals surface area (Å²) in [4.78, 5) is 12.1. The molecule has 1 saturated carbocycles. The van der Waals surface area contributed by atoms with Gasteiger partial charge >= 0.3 is 0 Å². The van der Waals surface area contributed by atoms with Crippen molar-refractivity contribution in [2.45, 2.75) is 45.6 Å². The predicted octanol–water partition coefficient (Wildman–Crippen LogP) is 1.68. The van der Waals surface area contributed by atoms with E-state index in [1.807, 2.05) is 0 Å². The van der Waals surface area contributed by atoms with Gasteiger partial charge in [0.25, 0.3) is 0 Å². The standard InChI is InChI=1S/C14H22O3/c1-13(2)7-10-11(8-13)14(3,17)9(4-5-15)6-12(10)16/h6,10-11,15,17H,4-5,7-8H2,1-3H3/t10-,11+,14+/m0/s1. The normalized spacial score (nSPS) is 40.1. The van der Waals surface area contributed by atoms with Gasteiger partial charge in [-0.05, 0) is 43.3 Å². The first-order valence-corrected chi connectivity index (χ1v) is 6.36. The number of hydrogen-bond donors (Lipinski definition) is 2. The maximum Gasteiger partial charge on any atom is 0.159 e. The van der Waals surface area contributed by atoms with Crippen molar-refractivity contribution in [3.63, 3.8) is 0 Å². The summed E-state index contributed by atoms with van der Waals surface area (Å²) in [6, 6.07) is 0. The van der Waals surface area contributed by atoms with Gasteiger partial charge < -0.3 is 10.2 Å². The van der Waals surface area contributed by atoms with Crippen molar-refractivity contribution < 1.29 is 15.0 Å². The molecule has 1 fully saturated rings. The van der Waals surface area contributed by atoms with Gasteiger partial charge in [-0.15, -0.1) is 0 Å². The summed E-state index contributed by atoms with van der Waals surface area (Å²) in [5.41, 5.74) is -0.115. The fourth-order valence-corrected chi connectivity index (χ4v) is 3.56. The minimum Gasteiger partial charge on any atom is -0.396 e. The molecule has 2 aliphatic rings. The molecule has 17 heavy (non-hydrogen) atoms. The molecule has 0 unspecified atom stereocenters. The maximum absolute atomic E-state index is 12.1. The summed E-state index contributed by atoms with van der Waals surface area (Å²) in [5.74, 6) is 0.106. The third-order valence-electron chi connectivity index (χ3n) is 4.47. The summed E-state index contributed by atoms with van der Waals surface area (Å²) < 4.78 is 0. The Morgan fingerprint density at radius 1 is 1.35 bits per heavy atom. The van der Waals surface area contributed by atoms with Crippen molar-refractivity contribution in [2.24, 2.45) is 17.3 Å². The number of ketones is 1. The zero-order valence-electron chi connectivity index (χ0n) is 10.9. The number of aliphatic hydroxyl groups is 2. The van der Waals surface area contributed by atoms with Crippen LogP contribution in [-0.2, 0) is 4.79 Å². The molecule has 0 bridgehead atoms. The number of fused-ring (bicyclic) bond motifs is 1. The van der Waals surface area contributed by atoms with Gasteiger partial charge in [0.2, 0.25) is 0 Å². The average molecular weight is 238 g/mol. The molecular formula is C14H22O3. The van der Waals surface area contributed by atoms with Gasteiger partial charge in [-0.3, -0.25) is 4.79 Å². The molecule has 0 aliphatic heterocycles. The van der Waals surface area contributed by atoms with Crippen LogP contribution in [0.5, 0.6) is 0 Å². The van der Waals surface area contributed by atoms with Gasteiger partial charge in [0.1, 0.15) is 0 Å². The van der Waals surface area contributed by atoms with Crippen LogP contribution in [0.15, 0.2) is 11.6 Å². The summed E-state index contributed by atoms with van der Waals surface area (Å²) in [6.07, 6.45) is 3.69. The minimum atomic E-state index is -0.935. The van der Waals surface area contributed by atoms with Crippen molar-refractivity contribution >= 4 is 5.78 Å². The van der Waals surface area contributed by atoms with Gasteiger partial charge in [0.05, 0.1) is 5.60 Å². The van der Waals surface area contributed by atoms with Crippen LogP contribution >= 0.6 is 0 Å². The maximum atomic E-state index is 12.1. The van der Waals surface area contributed by atoms with Crippen LogP contribution in [-0.4, -0.2) is 28.2 Å². The summed E-state index contributed by atoms with van der Waals surface area (Å²) in [5, 5.41) is 19.7. The summed E-state index contributed by atoms with van der Waals surface area (Å²) in [7, 11) is 0. The molecule has 0 heterocycles. The third-order valence-corrected chi connectivity index (χ3v) is 4.47. The van der Waals surface area contributed by atoms with Gasteiger partial charge in [-0.25, -0.2) is 0 Å². The lowest BCUT2D eigenvalue weighted by molar-refractivity contribution is -0.124. The molecule has 0 spiro atoms. The van der Waals surface area contributed by atoms with E-state index in [1.54, 1.807) is 13.0 Å². The Hall–Kier alpha value is -0.670. The second kappa shape index (κ2) is 3.92. The smallest absolute Gasteiger partial charge is 0.159 e. The van der Waals surface area contributed by atoms with Crippen molar-refractivity contribution in [3.8, 4) is 0 Å². The Labute approximate surface area is 103 Å². The topological polar surface area (TPSA) is 57.5 Å². The van der Waals surface area contributed by atoms with Crippen LogP contribution in [0, 0.1) is 17.3 Å². The van der Waals surface area contributed by atoms with Gasteiger partial charge in [0, 0.05) is 18.4 Å². The number of hydrogen-bond acceptors (Lipinski definition) is 3. The molecule has 0 radical (unpaired) electrons. The lowest BCUT2D eigenvalue weighted by atomic mass is 9.69. The molecule has 0 amide bonds. The first kappa shape index (κ1) is 12.8. The molecule has 0 aromatic carbocycles. The largest absolute Gasteiger partial charge is 0.396 e. The van der Waals surface area contributed by atoms with Crippen molar-refractivity contribution in [3.05, 3.63) is 11.6 Å². The van der Waals surface area contributed by atoms with Gasteiger partial charge in [-0.1, -0.05) is 13.8 Å². The highest BCUT2D eigenvalue weighted by molar-refractivity contribution is 5.94. The Morgan fingerprint density at radius 2 is 2.00 bits per heavy atom. The van der Waals surface area contributed by atoms with E-state index >= 15 is 0 Å². The Kier molecular flexibility index (Phi) is 2.95. The van der Waals surface area contributed by atoms with Crippen LogP contribution in [0.4, 0.5) is 0 Å². The third kappa shape index (κ3) is 2.06. The van der Waals surface area contributed by atoms with E-state index < -0.39 is 5.60 Å². The summed E-state index contributed by atoms with van der Waals surface area (Å²) >= 11 is 0. The molecule has 3 heteroatoms. The Balaban J connectivity index is 2.35. The average Bonchev–Trinajstić information content (AvgIpc) is 2.53. The van der Waals surface area contributed by atoms with Gasteiger partial charge in [-0.2, -0.15) is 0 Å². The number of carbonyl (C=O) groups is 1. The second-order valence-electron chi connectivity index (χ2n) is 6.48. The predicted molar refractivity (Wildman–Crippen MR) is 65.4 cm³/mol. The number of allylic oxidation sites excluding steroid dienone is 1. The Morgan fingerprint density at radius 3 is 2.59 bits per heavy atom. The van der Waals surface area contributed by atoms with Crippen LogP contribution in [0.3, 0.4) is 0 Å². The molecule has 3 atom stereocenters. The molecule has 96 valence electrons. The van der Waals surface area contributed by atoms with E-state index in [0.717, 1.165) is 12.8 Å². The van der Waals surface area contributed by atoms with Gasteiger partial charge in [0.15, 0.2) is 5.78 Å². The van der Waals surface area contributed by atoms with Crippen LogP contribution in [0.25, 0.3) is 0 Å². The fraction of sp³-hybridized carbons (Fsp3) is 0.786. The second-order valence-corrected chi connectivity index (χ2v) is 6.48. The SMILES string of the molecule is CC1(C)C[C@@H]2C(=O)C=C(CCO)[C@@](C)(O)[C@@H]2C1. The minimum absolute atomic E-state index is 0.0107. The van der Waals surface area contributed by atoms with E-state index in [4.69, 9.17) is 5.11 Å². The molecule has 3 nitrogen and oxygen atoms in total. The fourth-order valence-electron chi connectivity index (χ4n) is 3.56. The first-order valence-electron chi connectivity index (χ1n) is 6.36. The lowest BCUT2D eigenvalue weighted by Gasteiger charge is -2.39. The van der Waals surface area contributed by atoms with Crippen molar-refractivity contribution in [1.82, 2.24) is 0 Å². The quantitative estimate of drug-likeness (QED) is 0.769. The number of carbonyl (C=O) groups excluding carboxylic acids is 1. The van der Waals surface area contributed by atoms with Crippen molar-refractivity contribution in [1.29, 1.82) is 0 Å². The van der Waals surface area contributed by atoms with E-state index in [9.17, 15) is 9.90 Å². The van der Waals surface area contributed by atoms with E-state index in [-0.39, 0.29) is 29.6 Å². The molecule has 0 saturated heterocycles. The molecule has 0 aromatic rings. The lowest BCUT2D eigenvalue weighted by Crippen LogP contribution is -2.44. The van der Waals surface area contributed by atoms with E-state index in [1.165, 1.54) is 0 Å². The number of rotatable bonds is 2. The molecular weight excluding hydrogens is 216 g/mol. The van der Waals surface area contributed by atoms with Crippen LogP contribution in [0.1, 0.15) is 40.0 Å². The highest BCUT2D eigenvalue weighted by Gasteiger charge is 2.53. The Bertz CT molecular complexity index is 366. The highest BCUT2D eigenvalue weighted by Crippen LogP contribution is 2.53. The van der Waals surface area contributed by atoms with E-state index in [2.05, 4.69) is 13.8 Å². The molecule has 2 N–H and O–H groups in total. The molecule has 0 aromatic heterocycles. The van der Waals surface area contributed by atoms with E-state index in [0.29, 0.717) is 12.0 Å². The zero-order valence-corrected chi connectivity index (χ0v) is 10.9.